The van der Waals surface area contributed by atoms with Crippen molar-refractivity contribution >= 4 is 23.0 Å². The van der Waals surface area contributed by atoms with Crippen molar-refractivity contribution in [2.24, 2.45) is 0 Å². The van der Waals surface area contributed by atoms with Crippen LogP contribution in [0.5, 0.6) is 0 Å². The molecule has 0 atom stereocenters. The Morgan fingerprint density at radius 1 is 0.939 bits per heavy atom. The van der Waals surface area contributed by atoms with Gasteiger partial charge in [-0.05, 0) is 37.8 Å². The second-order valence-corrected chi connectivity index (χ2v) is 9.55. The first-order chi connectivity index (χ1) is 16.3. The fraction of sp³-hybridized carbons (Fsp3) is 0.708. The van der Waals surface area contributed by atoms with E-state index in [2.05, 4.69) is 25.0 Å². The number of rotatable bonds is 5. The number of carbonyl (C=O) groups excluding carboxylic acids is 1. The first kappa shape index (κ1) is 22.6. The molecule has 3 aliphatic rings. The summed E-state index contributed by atoms with van der Waals surface area (Å²) in [6.07, 6.45) is 8.58. The summed E-state index contributed by atoms with van der Waals surface area (Å²) in [4.78, 5) is 29.5. The number of ether oxygens (including phenoxy) is 1. The van der Waals surface area contributed by atoms with Crippen LogP contribution in [0.1, 0.15) is 38.5 Å². The summed E-state index contributed by atoms with van der Waals surface area (Å²) in [6, 6.07) is 4.13. The highest BCUT2D eigenvalue weighted by atomic mass is 16.5. The fourth-order valence-corrected chi connectivity index (χ4v) is 5.18. The first-order valence-electron chi connectivity index (χ1n) is 12.7. The van der Waals surface area contributed by atoms with Crippen LogP contribution in [0.15, 0.2) is 18.5 Å². The van der Waals surface area contributed by atoms with Crippen molar-refractivity contribution < 1.29 is 9.53 Å². The number of nitrogens with one attached hydrogen (secondary N) is 1. The first-order valence-corrected chi connectivity index (χ1v) is 12.7. The molecule has 3 aliphatic heterocycles. The molecule has 0 aliphatic carbocycles. The second kappa shape index (κ2) is 10.8. The Morgan fingerprint density at radius 3 is 2.36 bits per heavy atom. The van der Waals surface area contributed by atoms with Gasteiger partial charge in [0.05, 0.1) is 18.7 Å². The largest absolute Gasteiger partial charge is 0.379 e. The van der Waals surface area contributed by atoms with Crippen LogP contribution >= 0.6 is 0 Å². The third-order valence-corrected chi connectivity index (χ3v) is 7.30. The smallest absolute Gasteiger partial charge is 0.327 e. The van der Waals surface area contributed by atoms with Crippen LogP contribution < -0.4 is 10.2 Å². The fourth-order valence-electron chi connectivity index (χ4n) is 5.18. The predicted molar refractivity (Wildman–Crippen MR) is 129 cm³/mol. The number of piperidine rings is 1. The molecule has 1 amide bonds. The molecule has 0 unspecified atom stereocenters. The molecule has 0 saturated carbocycles. The van der Waals surface area contributed by atoms with Crippen LogP contribution in [0, 0.1) is 0 Å². The van der Waals surface area contributed by atoms with Gasteiger partial charge in [0.15, 0.2) is 5.65 Å². The van der Waals surface area contributed by atoms with E-state index in [9.17, 15) is 4.79 Å². The molecule has 0 aromatic carbocycles. The van der Waals surface area contributed by atoms with Crippen LogP contribution in [0.25, 0.3) is 11.2 Å². The van der Waals surface area contributed by atoms with Gasteiger partial charge in [0, 0.05) is 58.4 Å². The van der Waals surface area contributed by atoms with Gasteiger partial charge in [-0.15, -0.1) is 0 Å². The molecule has 5 heterocycles. The van der Waals surface area contributed by atoms with E-state index in [4.69, 9.17) is 9.72 Å². The van der Waals surface area contributed by atoms with E-state index in [1.165, 1.54) is 25.7 Å². The van der Waals surface area contributed by atoms with Crippen LogP contribution in [0.3, 0.4) is 0 Å². The number of fused-ring (bicyclic) bond motifs is 1. The summed E-state index contributed by atoms with van der Waals surface area (Å²) < 4.78 is 7.04. The molecule has 180 valence electrons. The lowest BCUT2D eigenvalue weighted by atomic mass is 10.1. The number of hydrogen-bond acceptors (Lipinski definition) is 7. The number of nitrogens with zero attached hydrogens (tertiary/aromatic N) is 6. The van der Waals surface area contributed by atoms with Gasteiger partial charge in [0.1, 0.15) is 12.1 Å². The Morgan fingerprint density at radius 2 is 1.64 bits per heavy atom. The molecule has 3 saturated heterocycles. The quantitative estimate of drug-likeness (QED) is 0.740. The van der Waals surface area contributed by atoms with Gasteiger partial charge >= 0.3 is 6.03 Å². The molecule has 0 spiro atoms. The van der Waals surface area contributed by atoms with E-state index in [1.54, 1.807) is 10.9 Å². The number of amides is 1. The van der Waals surface area contributed by atoms with Crippen LogP contribution in [-0.2, 0) is 4.74 Å². The van der Waals surface area contributed by atoms with Crippen molar-refractivity contribution in [1.82, 2.24) is 29.7 Å². The lowest BCUT2D eigenvalue weighted by Crippen LogP contribution is -2.48. The summed E-state index contributed by atoms with van der Waals surface area (Å²) in [5, 5.41) is 3.22. The van der Waals surface area contributed by atoms with Crippen molar-refractivity contribution in [3.8, 4) is 0 Å². The number of hydrogen-bond donors (Lipinski definition) is 1. The monoisotopic (exact) mass is 455 g/mol. The minimum Gasteiger partial charge on any atom is -0.379 e. The number of imidazole rings is 1. The topological polar surface area (TPSA) is 78.8 Å². The zero-order valence-electron chi connectivity index (χ0n) is 19.6. The number of carbonyl (C=O) groups is 1. The van der Waals surface area contributed by atoms with Crippen LogP contribution in [0.4, 0.5) is 10.6 Å². The number of anilines is 1. The summed E-state index contributed by atoms with van der Waals surface area (Å²) in [5.74, 6) is 0.972. The summed E-state index contributed by atoms with van der Waals surface area (Å²) >= 11 is 0. The van der Waals surface area contributed by atoms with Crippen molar-refractivity contribution in [3.63, 3.8) is 0 Å². The molecule has 3 fully saturated rings. The minimum atomic E-state index is -0.103. The Balaban J connectivity index is 1.13. The van der Waals surface area contributed by atoms with Gasteiger partial charge in [-0.25, -0.2) is 19.3 Å². The Labute approximate surface area is 196 Å². The average Bonchev–Trinajstić information content (AvgIpc) is 3.09. The number of likely N-dealkylation sites (tertiary alicyclic amines) is 1. The molecule has 5 rings (SSSR count). The van der Waals surface area contributed by atoms with Gasteiger partial charge in [-0.1, -0.05) is 12.8 Å². The third kappa shape index (κ3) is 5.65. The lowest BCUT2D eigenvalue weighted by Gasteiger charge is -2.34. The molecule has 9 heteroatoms. The maximum absolute atomic E-state index is 13.0. The lowest BCUT2D eigenvalue weighted by molar-refractivity contribution is 0.0319. The molecule has 2 aromatic rings. The number of pyridine rings is 1. The molecule has 1 N–H and O–H groups in total. The third-order valence-electron chi connectivity index (χ3n) is 7.30. The van der Waals surface area contributed by atoms with Gasteiger partial charge in [0.25, 0.3) is 0 Å². The SMILES string of the molecule is O=C(NC1CCN(CCN2CCOCC2)CC1)n1cnc2nc(N3CCCCCC3)ccc21. The minimum absolute atomic E-state index is 0.103. The zero-order valence-corrected chi connectivity index (χ0v) is 19.6. The van der Waals surface area contributed by atoms with Crippen LogP contribution in [0.2, 0.25) is 0 Å². The maximum Gasteiger partial charge on any atom is 0.327 e. The van der Waals surface area contributed by atoms with Crippen LogP contribution in [-0.4, -0.2) is 102 Å². The Bertz CT molecular complexity index is 911. The molecule has 2 aromatic heterocycles. The molecule has 0 bridgehead atoms. The molecule has 33 heavy (non-hydrogen) atoms. The van der Waals surface area contributed by atoms with E-state index in [1.807, 2.05) is 12.1 Å². The van der Waals surface area contributed by atoms with Gasteiger partial charge in [0.2, 0.25) is 0 Å². The highest BCUT2D eigenvalue weighted by Crippen LogP contribution is 2.21. The standard InChI is InChI=1S/C24H37N7O2/c32-24(26-20-7-11-28(12-8-20)13-14-29-15-17-33-18-16-29)31-19-25-23-21(31)5-6-22(27-23)30-9-3-1-2-4-10-30/h5-6,19-20H,1-4,7-18H2,(H,26,32). The average molecular weight is 456 g/mol. The van der Waals surface area contributed by atoms with E-state index in [0.29, 0.717) is 5.65 Å². The molecular weight excluding hydrogens is 418 g/mol. The Hall–Kier alpha value is -2.23. The molecular formula is C24H37N7O2. The zero-order chi connectivity index (χ0) is 22.5. The number of aromatic nitrogens is 3. The van der Waals surface area contributed by atoms with E-state index in [-0.39, 0.29) is 12.1 Å². The van der Waals surface area contributed by atoms with E-state index < -0.39 is 0 Å². The Kier molecular flexibility index (Phi) is 7.38. The van der Waals surface area contributed by atoms with E-state index in [0.717, 1.165) is 89.7 Å². The number of morpholine rings is 1. The van der Waals surface area contributed by atoms with Crippen molar-refractivity contribution in [1.29, 1.82) is 0 Å². The second-order valence-electron chi connectivity index (χ2n) is 9.55. The van der Waals surface area contributed by atoms with Crippen molar-refractivity contribution in [2.75, 3.05) is 70.5 Å². The highest BCUT2D eigenvalue weighted by molar-refractivity contribution is 5.88. The summed E-state index contributed by atoms with van der Waals surface area (Å²) in [7, 11) is 0. The highest BCUT2D eigenvalue weighted by Gasteiger charge is 2.23. The predicted octanol–water partition coefficient (Wildman–Crippen LogP) is 2.17. The van der Waals surface area contributed by atoms with Gasteiger partial charge in [-0.2, -0.15) is 0 Å². The van der Waals surface area contributed by atoms with Crippen molar-refractivity contribution in [2.45, 2.75) is 44.6 Å². The molecule has 9 nitrogen and oxygen atoms in total. The van der Waals surface area contributed by atoms with Crippen molar-refractivity contribution in [3.05, 3.63) is 18.5 Å². The van der Waals surface area contributed by atoms with Gasteiger partial charge < -0.3 is 19.9 Å². The maximum atomic E-state index is 13.0. The normalized spacial score (nSPS) is 21.9. The van der Waals surface area contributed by atoms with E-state index >= 15 is 0 Å². The summed E-state index contributed by atoms with van der Waals surface area (Å²) in [6.45, 7) is 10.1. The van der Waals surface area contributed by atoms with Gasteiger partial charge in [-0.3, -0.25) is 4.90 Å². The molecule has 0 radical (unpaired) electrons. The summed E-state index contributed by atoms with van der Waals surface area (Å²) in [5.41, 5.74) is 1.42.